The molecule has 0 unspecified atom stereocenters. The quantitative estimate of drug-likeness (QED) is 0.268. The van der Waals surface area contributed by atoms with Crippen molar-refractivity contribution in [3.05, 3.63) is 56.6 Å². The predicted molar refractivity (Wildman–Crippen MR) is 111 cm³/mol. The topological polar surface area (TPSA) is 80.5 Å². The van der Waals surface area contributed by atoms with Crippen LogP contribution in [-0.4, -0.2) is 42.1 Å². The van der Waals surface area contributed by atoms with Gasteiger partial charge in [0.05, 0.1) is 22.1 Å². The number of halogens is 4. The lowest BCUT2D eigenvalue weighted by Gasteiger charge is -2.16. The van der Waals surface area contributed by atoms with E-state index in [1.165, 1.54) is 23.1 Å². The zero-order valence-corrected chi connectivity index (χ0v) is 17.6. The molecular weight excluding hydrogens is 445 g/mol. The highest BCUT2D eigenvalue weighted by molar-refractivity contribution is 7.80. The number of alkyl halides is 3. The van der Waals surface area contributed by atoms with Crippen LogP contribution in [0, 0.1) is 10.1 Å². The fourth-order valence-electron chi connectivity index (χ4n) is 2.30. The molecular formula is C18H18ClF3N4O3S. The molecule has 0 radical (unpaired) electrons. The Morgan fingerprint density at radius 2 is 2.03 bits per heavy atom. The van der Waals surface area contributed by atoms with Crippen molar-refractivity contribution in [2.45, 2.75) is 12.6 Å². The number of benzene rings is 1. The van der Waals surface area contributed by atoms with Gasteiger partial charge in [-0.05, 0) is 18.6 Å². The highest BCUT2D eigenvalue weighted by Gasteiger charge is 2.32. The summed E-state index contributed by atoms with van der Waals surface area (Å²) >= 11 is 11.2. The number of rotatable bonds is 8. The number of hydrogen-bond donors (Lipinski definition) is 1. The van der Waals surface area contributed by atoms with Crippen molar-refractivity contribution in [2.24, 2.45) is 0 Å². The predicted octanol–water partition coefficient (Wildman–Crippen LogP) is 4.46. The fraction of sp³-hybridized carbons (Fsp3) is 0.333. The molecule has 12 heteroatoms. The van der Waals surface area contributed by atoms with Crippen LogP contribution in [-0.2, 0) is 6.18 Å². The maximum Gasteiger partial charge on any atom is 0.416 e. The minimum atomic E-state index is -4.52. The van der Waals surface area contributed by atoms with Gasteiger partial charge in [0.25, 0.3) is 5.69 Å². The average molecular weight is 463 g/mol. The van der Waals surface area contributed by atoms with E-state index in [0.717, 1.165) is 12.1 Å². The molecule has 2 rings (SSSR count). The number of anilines is 1. The number of non-ortho nitro benzene ring substituents is 1. The van der Waals surface area contributed by atoms with Crippen molar-refractivity contribution in [1.82, 2.24) is 10.3 Å². The Kier molecular flexibility index (Phi) is 7.79. The van der Waals surface area contributed by atoms with Gasteiger partial charge in [-0.3, -0.25) is 10.1 Å². The van der Waals surface area contributed by atoms with Crippen LogP contribution in [0.3, 0.4) is 0 Å². The van der Waals surface area contributed by atoms with E-state index in [-0.39, 0.29) is 34.0 Å². The van der Waals surface area contributed by atoms with Crippen LogP contribution in [0.25, 0.3) is 0 Å². The first-order chi connectivity index (χ1) is 14.0. The molecule has 1 aromatic heterocycles. The van der Waals surface area contributed by atoms with Crippen molar-refractivity contribution in [1.29, 1.82) is 0 Å². The molecule has 0 spiro atoms. The third kappa shape index (κ3) is 6.42. The average Bonchev–Trinajstić information content (AvgIpc) is 2.66. The summed E-state index contributed by atoms with van der Waals surface area (Å²) in [6, 6.07) is 5.70. The normalized spacial score (nSPS) is 11.1. The molecule has 1 N–H and O–H groups in total. The highest BCUT2D eigenvalue weighted by atomic mass is 35.5. The molecule has 30 heavy (non-hydrogen) atoms. The lowest BCUT2D eigenvalue weighted by atomic mass is 10.2. The van der Waals surface area contributed by atoms with Gasteiger partial charge in [0.1, 0.15) is 10.8 Å². The lowest BCUT2D eigenvalue weighted by Crippen LogP contribution is -2.25. The number of pyridine rings is 1. The molecule has 0 bridgehead atoms. The van der Waals surface area contributed by atoms with Gasteiger partial charge in [0, 0.05) is 44.4 Å². The highest BCUT2D eigenvalue weighted by Crippen LogP contribution is 2.33. The van der Waals surface area contributed by atoms with Gasteiger partial charge in [-0.2, -0.15) is 18.2 Å². The first-order valence-corrected chi connectivity index (χ1v) is 9.39. The van der Waals surface area contributed by atoms with Crippen LogP contribution in [0.15, 0.2) is 30.3 Å². The van der Waals surface area contributed by atoms with Gasteiger partial charge in [-0.15, -0.1) is 0 Å². The molecule has 162 valence electrons. The number of nitrogens with zero attached hydrogens (tertiary/aromatic N) is 3. The summed E-state index contributed by atoms with van der Waals surface area (Å²) in [5, 5.41) is 14.0. The Hall–Kier alpha value is -2.66. The van der Waals surface area contributed by atoms with E-state index < -0.39 is 16.7 Å². The van der Waals surface area contributed by atoms with E-state index in [4.69, 9.17) is 28.6 Å². The largest absolute Gasteiger partial charge is 0.478 e. The Morgan fingerprint density at radius 1 is 1.33 bits per heavy atom. The summed E-state index contributed by atoms with van der Waals surface area (Å²) in [4.78, 5) is 16.0. The molecule has 0 fully saturated rings. The van der Waals surface area contributed by atoms with Crippen LogP contribution in [0.1, 0.15) is 17.5 Å². The second-order valence-electron chi connectivity index (χ2n) is 6.32. The third-order valence-corrected chi connectivity index (χ3v) is 4.53. The van der Waals surface area contributed by atoms with Gasteiger partial charge in [0.15, 0.2) is 0 Å². The van der Waals surface area contributed by atoms with E-state index in [0.29, 0.717) is 18.5 Å². The SMILES string of the molecule is CN(C)c1cc(C(F)(F)F)cc(OCCCNC(=S)c2cc([N+](=O)[O-])ccc2Cl)n1. The minimum Gasteiger partial charge on any atom is -0.478 e. The van der Waals surface area contributed by atoms with E-state index in [9.17, 15) is 23.3 Å². The molecule has 0 aliphatic heterocycles. The van der Waals surface area contributed by atoms with Gasteiger partial charge < -0.3 is 15.0 Å². The summed E-state index contributed by atoms with van der Waals surface area (Å²) in [6.45, 7) is 0.400. The minimum absolute atomic E-state index is 0.0828. The van der Waals surface area contributed by atoms with Crippen LogP contribution >= 0.6 is 23.8 Å². The number of nitro benzene ring substituents is 1. The first-order valence-electron chi connectivity index (χ1n) is 8.60. The number of thiocarbonyl (C=S) groups is 1. The molecule has 0 aliphatic carbocycles. The van der Waals surface area contributed by atoms with E-state index in [1.807, 2.05) is 0 Å². The molecule has 0 aliphatic rings. The summed E-state index contributed by atoms with van der Waals surface area (Å²) in [5.74, 6) is -0.0164. The van der Waals surface area contributed by atoms with Crippen molar-refractivity contribution in [3.8, 4) is 5.88 Å². The second kappa shape index (κ2) is 9.90. The Bertz CT molecular complexity index is 941. The monoisotopic (exact) mass is 462 g/mol. The maximum absolute atomic E-state index is 13.0. The fourth-order valence-corrected chi connectivity index (χ4v) is 2.84. The summed E-state index contributed by atoms with van der Waals surface area (Å²) in [7, 11) is 3.16. The number of aromatic nitrogens is 1. The van der Waals surface area contributed by atoms with E-state index >= 15 is 0 Å². The first kappa shape index (κ1) is 23.6. The second-order valence-corrected chi connectivity index (χ2v) is 7.14. The van der Waals surface area contributed by atoms with Crippen molar-refractivity contribution >= 4 is 40.3 Å². The van der Waals surface area contributed by atoms with Crippen LogP contribution in [0.4, 0.5) is 24.7 Å². The molecule has 7 nitrogen and oxygen atoms in total. The number of nitro groups is 1. The maximum atomic E-state index is 13.0. The Morgan fingerprint density at radius 3 is 2.63 bits per heavy atom. The van der Waals surface area contributed by atoms with Crippen molar-refractivity contribution in [2.75, 3.05) is 32.1 Å². The molecule has 1 heterocycles. The van der Waals surface area contributed by atoms with E-state index in [2.05, 4.69) is 10.3 Å². The number of hydrogen-bond acceptors (Lipinski definition) is 6. The van der Waals surface area contributed by atoms with Gasteiger partial charge in [-0.25, -0.2) is 0 Å². The Balaban J connectivity index is 1.93. The van der Waals surface area contributed by atoms with Gasteiger partial charge >= 0.3 is 6.18 Å². The Labute approximate surface area is 180 Å². The number of ether oxygens (including phenoxy) is 1. The lowest BCUT2D eigenvalue weighted by molar-refractivity contribution is -0.384. The van der Waals surface area contributed by atoms with Gasteiger partial charge in [0.2, 0.25) is 5.88 Å². The number of nitrogens with one attached hydrogen (secondary N) is 1. The summed E-state index contributed by atoms with van der Waals surface area (Å²) in [5.41, 5.74) is -0.679. The molecule has 0 amide bonds. The summed E-state index contributed by atoms with van der Waals surface area (Å²) in [6.07, 6.45) is -4.13. The smallest absolute Gasteiger partial charge is 0.416 e. The summed E-state index contributed by atoms with van der Waals surface area (Å²) < 4.78 is 44.5. The van der Waals surface area contributed by atoms with Gasteiger partial charge in [-0.1, -0.05) is 23.8 Å². The molecule has 2 aromatic rings. The molecule has 0 saturated carbocycles. The molecule has 0 atom stereocenters. The zero-order chi connectivity index (χ0) is 22.5. The van der Waals surface area contributed by atoms with Crippen molar-refractivity contribution in [3.63, 3.8) is 0 Å². The zero-order valence-electron chi connectivity index (χ0n) is 16.0. The third-order valence-electron chi connectivity index (χ3n) is 3.84. The molecule has 0 saturated heterocycles. The van der Waals surface area contributed by atoms with Crippen LogP contribution in [0.2, 0.25) is 5.02 Å². The standard InChI is InChI=1S/C18H18ClF3N4O3S/c1-25(2)15-8-11(18(20,21)22)9-16(24-15)29-7-3-6-23-17(30)13-10-12(26(27)28)4-5-14(13)19/h4-5,8-10H,3,6-7H2,1-2H3,(H,23,30). The van der Waals surface area contributed by atoms with Crippen LogP contribution in [0.5, 0.6) is 5.88 Å². The van der Waals surface area contributed by atoms with Crippen molar-refractivity contribution < 1.29 is 22.8 Å². The molecule has 1 aromatic carbocycles. The van der Waals surface area contributed by atoms with E-state index in [1.54, 1.807) is 14.1 Å². The van der Waals surface area contributed by atoms with Crippen LogP contribution < -0.4 is 15.0 Å².